The number of aryl methyl sites for hydroxylation is 5. The molecule has 0 aliphatic rings. The second kappa shape index (κ2) is 7.67. The van der Waals surface area contributed by atoms with Crippen LogP contribution >= 0.6 is 0 Å². The zero-order valence-corrected chi connectivity index (χ0v) is 16.5. The maximum absolute atomic E-state index is 8.05. The van der Waals surface area contributed by atoms with Crippen molar-refractivity contribution in [2.45, 2.75) is 27.5 Å². The van der Waals surface area contributed by atoms with E-state index in [-0.39, 0.29) is 22.3 Å². The first-order chi connectivity index (χ1) is 17.6. The molecule has 0 spiro atoms. The van der Waals surface area contributed by atoms with Crippen molar-refractivity contribution in [3.63, 3.8) is 0 Å². The Balaban J connectivity index is 1.97. The van der Waals surface area contributed by atoms with E-state index in [0.29, 0.717) is 11.1 Å². The molecule has 0 bridgehead atoms. The van der Waals surface area contributed by atoms with Crippen LogP contribution in [-0.2, 0) is 7.05 Å². The zero-order valence-electron chi connectivity index (χ0n) is 25.5. The van der Waals surface area contributed by atoms with Gasteiger partial charge in [-0.05, 0) is 78.1 Å². The number of nitrogens with zero attached hydrogens (tertiary/aromatic N) is 1. The third-order valence-electron chi connectivity index (χ3n) is 5.25. The summed E-state index contributed by atoms with van der Waals surface area (Å²) in [5.74, 6) is 0. The predicted molar refractivity (Wildman–Crippen MR) is 123 cm³/mol. The highest BCUT2D eigenvalue weighted by Crippen LogP contribution is 2.33. The third-order valence-corrected chi connectivity index (χ3v) is 5.25. The molecule has 0 saturated carbocycles. The normalized spacial score (nSPS) is 16.8. The van der Waals surface area contributed by atoms with Crippen molar-refractivity contribution < 1.29 is 16.9 Å². The van der Waals surface area contributed by atoms with Gasteiger partial charge in [0, 0.05) is 30.0 Å². The number of benzene rings is 3. The molecule has 0 atom stereocenters. The lowest BCUT2D eigenvalue weighted by Gasteiger charge is -2.13. The topological polar surface area (TPSA) is 3.88 Å². The summed E-state index contributed by atoms with van der Waals surface area (Å²) in [6, 6.07) is 20.5. The maximum Gasteiger partial charge on any atom is 0.213 e. The van der Waals surface area contributed by atoms with Gasteiger partial charge in [0.15, 0.2) is 6.20 Å². The minimum absolute atomic E-state index is 0.0250. The first-order valence-electron chi connectivity index (χ1n) is 13.9. The van der Waals surface area contributed by atoms with Crippen molar-refractivity contribution in [1.29, 1.82) is 0 Å². The van der Waals surface area contributed by atoms with Gasteiger partial charge in [0.25, 0.3) is 0 Å². The lowest BCUT2D eigenvalue weighted by atomic mass is 9.92. The van der Waals surface area contributed by atoms with Crippen molar-refractivity contribution in [2.75, 3.05) is 0 Å². The van der Waals surface area contributed by atoms with E-state index in [4.69, 9.17) is 12.3 Å². The number of rotatable bonds is 3. The van der Waals surface area contributed by atoms with Crippen LogP contribution in [0.3, 0.4) is 0 Å². The van der Waals surface area contributed by atoms with Crippen LogP contribution in [0.15, 0.2) is 79.0 Å². The summed E-state index contributed by atoms with van der Waals surface area (Å²) in [7, 11) is 1.85. The van der Waals surface area contributed by atoms with Crippen LogP contribution in [0, 0.1) is 27.5 Å². The Kier molecular flexibility index (Phi) is 2.94. The molecule has 0 unspecified atom stereocenters. The average molecular weight is 388 g/mol. The van der Waals surface area contributed by atoms with Crippen molar-refractivity contribution in [2.24, 2.45) is 7.05 Å². The summed E-state index contributed by atoms with van der Waals surface area (Å²) in [5.41, 5.74) is 4.65. The average Bonchev–Trinajstić information content (AvgIpc) is 2.83. The summed E-state index contributed by atoms with van der Waals surface area (Å²) < 4.78 is 74.1. The predicted octanol–water partition coefficient (Wildman–Crippen LogP) is 6.75. The molecule has 4 rings (SSSR count). The Labute approximate surface area is 187 Å². The molecule has 4 aromatic rings. The first kappa shape index (κ1) is 11.1. The fraction of sp³-hybridized carbons (Fsp3) is 0.179. The minimum atomic E-state index is -2.51. The first-order valence-corrected chi connectivity index (χ1v) is 9.44. The van der Waals surface area contributed by atoms with Gasteiger partial charge in [-0.3, -0.25) is 0 Å². The van der Waals surface area contributed by atoms with E-state index < -0.39 is 20.6 Å². The lowest BCUT2D eigenvalue weighted by molar-refractivity contribution is -0.660. The van der Waals surface area contributed by atoms with Gasteiger partial charge in [-0.25, -0.2) is 4.57 Å². The highest BCUT2D eigenvalue weighted by Gasteiger charge is 2.17. The van der Waals surface area contributed by atoms with E-state index in [1.807, 2.05) is 36.7 Å². The third kappa shape index (κ3) is 3.61. The second-order valence-electron chi connectivity index (χ2n) is 7.21. The van der Waals surface area contributed by atoms with E-state index in [1.165, 1.54) is 18.2 Å². The Morgan fingerprint density at radius 2 is 1.38 bits per heavy atom. The van der Waals surface area contributed by atoms with Crippen LogP contribution < -0.4 is 4.57 Å². The van der Waals surface area contributed by atoms with Crippen molar-refractivity contribution in [3.05, 3.63) is 101 Å². The van der Waals surface area contributed by atoms with Gasteiger partial charge in [-0.15, -0.1) is 0 Å². The molecule has 3 aromatic carbocycles. The Morgan fingerprint density at radius 1 is 0.655 bits per heavy atom. The van der Waals surface area contributed by atoms with Crippen molar-refractivity contribution in [3.8, 4) is 33.5 Å². The fourth-order valence-corrected chi connectivity index (χ4v) is 3.66. The minimum Gasteiger partial charge on any atom is -0.201 e. The van der Waals surface area contributed by atoms with Crippen LogP contribution in [0.2, 0.25) is 0 Å². The van der Waals surface area contributed by atoms with E-state index in [2.05, 4.69) is 0 Å². The summed E-state index contributed by atoms with van der Waals surface area (Å²) in [4.78, 5) is 0. The Hall–Kier alpha value is -3.19. The molecule has 0 radical (unpaired) electrons. The van der Waals surface area contributed by atoms with Crippen LogP contribution in [0.1, 0.15) is 34.6 Å². The largest absolute Gasteiger partial charge is 0.213 e. The molecular formula is C28H28N+. The van der Waals surface area contributed by atoms with Crippen LogP contribution in [0.5, 0.6) is 0 Å². The Bertz CT molecular complexity index is 1460. The van der Waals surface area contributed by atoms with Crippen molar-refractivity contribution >= 4 is 0 Å². The van der Waals surface area contributed by atoms with Crippen molar-refractivity contribution in [1.82, 2.24) is 0 Å². The van der Waals surface area contributed by atoms with E-state index in [1.54, 1.807) is 42.6 Å². The summed E-state index contributed by atoms with van der Waals surface area (Å²) in [6.07, 6.45) is 1.77. The zero-order chi connectivity index (χ0) is 28.0. The van der Waals surface area contributed by atoms with E-state index in [9.17, 15) is 0 Å². The lowest BCUT2D eigenvalue weighted by Crippen LogP contribution is -2.30. The Morgan fingerprint density at radius 3 is 2.14 bits per heavy atom. The van der Waals surface area contributed by atoms with Gasteiger partial charge in [0.05, 0.1) is 0 Å². The van der Waals surface area contributed by atoms with E-state index in [0.717, 1.165) is 22.4 Å². The van der Waals surface area contributed by atoms with Crippen LogP contribution in [0.25, 0.3) is 33.5 Å². The number of aromatic nitrogens is 1. The van der Waals surface area contributed by atoms with Crippen LogP contribution in [-0.4, -0.2) is 0 Å². The quantitative estimate of drug-likeness (QED) is 0.342. The second-order valence-corrected chi connectivity index (χ2v) is 7.21. The highest BCUT2D eigenvalue weighted by molar-refractivity contribution is 5.78. The summed E-state index contributed by atoms with van der Waals surface area (Å²) >= 11 is 0. The molecule has 0 saturated heterocycles. The molecule has 1 heteroatoms. The summed E-state index contributed by atoms with van der Waals surface area (Å²) in [6.45, 7) is -5.37. The highest BCUT2D eigenvalue weighted by atomic mass is 14.9. The van der Waals surface area contributed by atoms with Gasteiger partial charge in [-0.1, -0.05) is 54.6 Å². The van der Waals surface area contributed by atoms with Gasteiger partial charge in [0.1, 0.15) is 7.05 Å². The standard InChI is InChI=1S/C28H28N/c1-19-9-6-7-12-25(19)23-14-13-20(2)26(17-23)27-18-24(15-16-29(27)5)28-21(3)10-8-11-22(28)4/h6-18H,1-5H3/q+1/i1D3,3D3,4D3. The van der Waals surface area contributed by atoms with Gasteiger partial charge < -0.3 is 0 Å². The van der Waals surface area contributed by atoms with Gasteiger partial charge in [-0.2, -0.15) is 0 Å². The van der Waals surface area contributed by atoms with E-state index >= 15 is 0 Å². The molecule has 1 aromatic heterocycles. The molecule has 0 aliphatic carbocycles. The number of hydrogen-bond donors (Lipinski definition) is 0. The molecule has 1 nitrogen and oxygen atoms in total. The molecular weight excluding hydrogens is 350 g/mol. The molecule has 1 heterocycles. The molecule has 144 valence electrons. The fourth-order valence-electron chi connectivity index (χ4n) is 3.66. The van der Waals surface area contributed by atoms with Gasteiger partial charge in [0.2, 0.25) is 5.69 Å². The molecule has 29 heavy (non-hydrogen) atoms. The molecule has 0 amide bonds. The summed E-state index contributed by atoms with van der Waals surface area (Å²) in [5, 5.41) is 0. The smallest absolute Gasteiger partial charge is 0.201 e. The molecule has 0 N–H and O–H groups in total. The number of pyridine rings is 1. The number of hydrogen-bond acceptors (Lipinski definition) is 0. The van der Waals surface area contributed by atoms with Crippen LogP contribution in [0.4, 0.5) is 0 Å². The molecule has 0 fully saturated rings. The molecule has 0 aliphatic heterocycles. The maximum atomic E-state index is 8.05. The SMILES string of the molecule is [2H]C([2H])([2H])c1ccccc1-c1ccc(C)c(-c2cc(-c3c(C([2H])([2H])[2H])cccc3C([2H])([2H])[2H])cc[n+]2C)c1. The monoisotopic (exact) mass is 387 g/mol. The van der Waals surface area contributed by atoms with Gasteiger partial charge >= 0.3 is 0 Å².